The van der Waals surface area contributed by atoms with Gasteiger partial charge in [-0.3, -0.25) is 0 Å². The summed E-state index contributed by atoms with van der Waals surface area (Å²) in [6, 6.07) is 0. The van der Waals surface area contributed by atoms with Crippen molar-refractivity contribution in [3.05, 3.63) is 5.01 Å². The van der Waals surface area contributed by atoms with Crippen molar-refractivity contribution in [2.75, 3.05) is 19.7 Å². The third kappa shape index (κ3) is 3.53. The zero-order chi connectivity index (χ0) is 12.3. The lowest BCUT2D eigenvalue weighted by Crippen LogP contribution is -2.11. The van der Waals surface area contributed by atoms with Crippen molar-refractivity contribution in [2.45, 2.75) is 19.0 Å². The second kappa shape index (κ2) is 5.18. The van der Waals surface area contributed by atoms with Gasteiger partial charge in [-0.15, -0.1) is 5.10 Å². The lowest BCUT2D eigenvalue weighted by molar-refractivity contribution is -0.138. The Labute approximate surface area is 100 Å². The van der Waals surface area contributed by atoms with Gasteiger partial charge in [0.1, 0.15) is 0 Å². The fraction of sp³-hybridized carbons (Fsp3) is 0.778. The zero-order valence-electron chi connectivity index (χ0n) is 8.96. The van der Waals surface area contributed by atoms with Crippen LogP contribution < -0.4 is 10.1 Å². The third-order valence-corrected chi connectivity index (χ3v) is 3.44. The molecular formula is C9H12F3N3OS. The summed E-state index contributed by atoms with van der Waals surface area (Å²) >= 11 is 0.437. The molecule has 17 heavy (non-hydrogen) atoms. The molecule has 0 bridgehead atoms. The number of hydrogen-bond donors (Lipinski definition) is 1. The molecule has 1 aliphatic rings. The molecule has 0 saturated carbocycles. The van der Waals surface area contributed by atoms with E-state index in [1.807, 2.05) is 0 Å². The Bertz CT molecular complexity index is 363. The van der Waals surface area contributed by atoms with Gasteiger partial charge in [0.05, 0.1) is 6.61 Å². The number of rotatable bonds is 4. The van der Waals surface area contributed by atoms with Crippen molar-refractivity contribution in [3.8, 4) is 5.19 Å². The highest BCUT2D eigenvalue weighted by atomic mass is 32.1. The Kier molecular flexibility index (Phi) is 3.82. The summed E-state index contributed by atoms with van der Waals surface area (Å²) in [5.41, 5.74) is 0. The fourth-order valence-corrected chi connectivity index (χ4v) is 2.24. The van der Waals surface area contributed by atoms with Gasteiger partial charge < -0.3 is 10.1 Å². The average Bonchev–Trinajstić information content (AvgIpc) is 2.86. The predicted octanol–water partition coefficient (Wildman–Crippen LogP) is 1.94. The van der Waals surface area contributed by atoms with Gasteiger partial charge in [0.25, 0.3) is 5.19 Å². The first-order valence-corrected chi connectivity index (χ1v) is 6.11. The van der Waals surface area contributed by atoms with Gasteiger partial charge in [0, 0.05) is 0 Å². The first-order valence-electron chi connectivity index (χ1n) is 5.30. The average molecular weight is 267 g/mol. The van der Waals surface area contributed by atoms with Crippen LogP contribution >= 0.6 is 11.3 Å². The molecule has 4 nitrogen and oxygen atoms in total. The van der Waals surface area contributed by atoms with Gasteiger partial charge in [-0.05, 0) is 31.8 Å². The van der Waals surface area contributed by atoms with Crippen LogP contribution in [0.3, 0.4) is 0 Å². The highest BCUT2D eigenvalue weighted by Gasteiger charge is 2.36. The molecule has 8 heteroatoms. The van der Waals surface area contributed by atoms with Crippen LogP contribution in [-0.2, 0) is 6.18 Å². The Morgan fingerprint density at radius 2 is 2.24 bits per heavy atom. The van der Waals surface area contributed by atoms with Crippen LogP contribution in [0.1, 0.15) is 17.8 Å². The zero-order valence-corrected chi connectivity index (χ0v) is 9.77. The van der Waals surface area contributed by atoms with Crippen molar-refractivity contribution in [3.63, 3.8) is 0 Å². The smallest absolute Gasteiger partial charge is 0.445 e. The molecular weight excluding hydrogens is 255 g/mol. The normalized spacial score (nSPS) is 20.8. The molecule has 1 aliphatic heterocycles. The molecule has 96 valence electrons. The number of nitrogens with zero attached hydrogens (tertiary/aromatic N) is 2. The van der Waals surface area contributed by atoms with Gasteiger partial charge in [-0.2, -0.15) is 13.2 Å². The van der Waals surface area contributed by atoms with Crippen LogP contribution in [0.2, 0.25) is 0 Å². The Morgan fingerprint density at radius 3 is 2.82 bits per heavy atom. The summed E-state index contributed by atoms with van der Waals surface area (Å²) in [6.07, 6.45) is -2.52. The van der Waals surface area contributed by atoms with E-state index in [1.165, 1.54) is 0 Å². The molecule has 1 saturated heterocycles. The highest BCUT2D eigenvalue weighted by Crippen LogP contribution is 2.33. The number of aromatic nitrogens is 2. The minimum atomic E-state index is -4.44. The van der Waals surface area contributed by atoms with Crippen LogP contribution in [0, 0.1) is 5.92 Å². The molecule has 1 N–H and O–H groups in total. The van der Waals surface area contributed by atoms with E-state index >= 15 is 0 Å². The largest absolute Gasteiger partial charge is 0.469 e. The molecule has 1 fully saturated rings. The quantitative estimate of drug-likeness (QED) is 0.905. The van der Waals surface area contributed by atoms with Gasteiger partial charge in [-0.25, -0.2) is 0 Å². The van der Waals surface area contributed by atoms with Crippen molar-refractivity contribution in [1.29, 1.82) is 0 Å². The minimum Gasteiger partial charge on any atom is -0.469 e. The van der Waals surface area contributed by atoms with E-state index in [-0.39, 0.29) is 5.19 Å². The predicted molar refractivity (Wildman–Crippen MR) is 56.0 cm³/mol. The third-order valence-electron chi connectivity index (χ3n) is 2.56. The maximum atomic E-state index is 12.2. The van der Waals surface area contributed by atoms with Crippen molar-refractivity contribution < 1.29 is 17.9 Å². The molecule has 2 heterocycles. The molecule has 0 amide bonds. The molecule has 1 aromatic heterocycles. The Balaban J connectivity index is 1.77. The van der Waals surface area contributed by atoms with Gasteiger partial charge in [0.2, 0.25) is 5.01 Å². The summed E-state index contributed by atoms with van der Waals surface area (Å²) in [6.45, 7) is 2.34. The maximum Gasteiger partial charge on any atom is 0.445 e. The van der Waals surface area contributed by atoms with Crippen LogP contribution in [0.4, 0.5) is 13.2 Å². The monoisotopic (exact) mass is 267 g/mol. The van der Waals surface area contributed by atoms with Crippen LogP contribution in [0.25, 0.3) is 0 Å². The number of nitrogens with one attached hydrogen (secondary N) is 1. The SMILES string of the molecule is FC(F)(F)c1nnc(OCCC2CCNC2)s1. The summed E-state index contributed by atoms with van der Waals surface area (Å²) in [4.78, 5) is 0. The highest BCUT2D eigenvalue weighted by molar-refractivity contribution is 7.13. The van der Waals surface area contributed by atoms with E-state index in [4.69, 9.17) is 4.74 Å². The number of alkyl halides is 3. The van der Waals surface area contributed by atoms with Crippen LogP contribution in [-0.4, -0.2) is 29.9 Å². The number of halogens is 3. The first-order chi connectivity index (χ1) is 8.05. The van der Waals surface area contributed by atoms with E-state index in [1.54, 1.807) is 0 Å². The van der Waals surface area contributed by atoms with E-state index in [9.17, 15) is 13.2 Å². The lowest BCUT2D eigenvalue weighted by atomic mass is 10.1. The van der Waals surface area contributed by atoms with E-state index in [0.717, 1.165) is 25.9 Å². The Morgan fingerprint density at radius 1 is 1.41 bits per heavy atom. The van der Waals surface area contributed by atoms with Crippen molar-refractivity contribution in [1.82, 2.24) is 15.5 Å². The number of hydrogen-bond acceptors (Lipinski definition) is 5. The molecule has 1 atom stereocenters. The first kappa shape index (κ1) is 12.6. The molecule has 0 spiro atoms. The molecule has 0 radical (unpaired) electrons. The summed E-state index contributed by atoms with van der Waals surface area (Å²) in [5.74, 6) is 0.546. The second-order valence-corrected chi connectivity index (χ2v) is 4.81. The second-order valence-electron chi connectivity index (χ2n) is 3.87. The van der Waals surface area contributed by atoms with E-state index in [2.05, 4.69) is 15.5 Å². The van der Waals surface area contributed by atoms with E-state index in [0.29, 0.717) is 23.9 Å². The van der Waals surface area contributed by atoms with Crippen LogP contribution in [0.5, 0.6) is 5.19 Å². The topological polar surface area (TPSA) is 47.0 Å². The van der Waals surface area contributed by atoms with E-state index < -0.39 is 11.2 Å². The molecule has 2 rings (SSSR count). The van der Waals surface area contributed by atoms with Crippen LogP contribution in [0.15, 0.2) is 0 Å². The van der Waals surface area contributed by atoms with Gasteiger partial charge in [0.15, 0.2) is 0 Å². The Hall–Kier alpha value is -0.890. The fourth-order valence-electron chi connectivity index (χ4n) is 1.66. The van der Waals surface area contributed by atoms with Gasteiger partial charge in [-0.1, -0.05) is 16.4 Å². The molecule has 0 aliphatic carbocycles. The molecule has 1 unspecified atom stereocenters. The van der Waals surface area contributed by atoms with Gasteiger partial charge >= 0.3 is 6.18 Å². The standard InChI is InChI=1S/C9H12F3N3OS/c10-9(11,12)7-14-15-8(17-7)16-4-2-6-1-3-13-5-6/h6,13H,1-5H2. The lowest BCUT2D eigenvalue weighted by Gasteiger charge is -2.07. The summed E-state index contributed by atoms with van der Waals surface area (Å²) in [7, 11) is 0. The van der Waals surface area contributed by atoms with Crippen molar-refractivity contribution in [2.24, 2.45) is 5.92 Å². The molecule has 0 aromatic carbocycles. The maximum absolute atomic E-state index is 12.2. The van der Waals surface area contributed by atoms with Crippen molar-refractivity contribution >= 4 is 11.3 Å². The molecule has 1 aromatic rings. The minimum absolute atomic E-state index is 0.0109. The summed E-state index contributed by atoms with van der Waals surface area (Å²) in [5, 5.41) is 8.64. The summed E-state index contributed by atoms with van der Waals surface area (Å²) < 4.78 is 41.8. The number of ether oxygens (including phenoxy) is 1.